The molecule has 1 aliphatic rings. The molecule has 1 aliphatic heterocycles. The zero-order chi connectivity index (χ0) is 18.4. The Balaban J connectivity index is 1.39. The zero-order valence-electron chi connectivity index (χ0n) is 15.8. The highest BCUT2D eigenvalue weighted by Crippen LogP contribution is 2.19. The summed E-state index contributed by atoms with van der Waals surface area (Å²) in [5.41, 5.74) is 4.77. The van der Waals surface area contributed by atoms with Gasteiger partial charge in [-0.2, -0.15) is 0 Å². The minimum atomic E-state index is -0.113. The van der Waals surface area contributed by atoms with Gasteiger partial charge >= 0.3 is 6.03 Å². The summed E-state index contributed by atoms with van der Waals surface area (Å²) >= 11 is 0. The van der Waals surface area contributed by atoms with E-state index < -0.39 is 0 Å². The summed E-state index contributed by atoms with van der Waals surface area (Å²) in [6, 6.07) is 16.4. The largest absolute Gasteiger partial charge is 0.338 e. The Morgan fingerprint density at radius 1 is 1.08 bits per heavy atom. The molecule has 1 fully saturated rings. The van der Waals surface area contributed by atoms with Gasteiger partial charge in [-0.05, 0) is 74.5 Å². The molecule has 0 aliphatic carbocycles. The number of urea groups is 1. The third-order valence-electron chi connectivity index (χ3n) is 5.19. The van der Waals surface area contributed by atoms with Crippen LogP contribution in [0.15, 0.2) is 48.5 Å². The van der Waals surface area contributed by atoms with E-state index in [1.54, 1.807) is 0 Å². The van der Waals surface area contributed by atoms with Crippen LogP contribution in [0, 0.1) is 19.8 Å². The molecule has 3 rings (SSSR count). The smallest absolute Gasteiger partial charge is 0.319 e. The van der Waals surface area contributed by atoms with Crippen LogP contribution in [-0.2, 0) is 6.54 Å². The van der Waals surface area contributed by atoms with Gasteiger partial charge in [-0.1, -0.05) is 36.4 Å². The Labute approximate surface area is 156 Å². The van der Waals surface area contributed by atoms with E-state index in [0.717, 1.165) is 50.3 Å². The molecule has 2 aromatic carbocycles. The number of benzene rings is 2. The zero-order valence-corrected chi connectivity index (χ0v) is 15.8. The van der Waals surface area contributed by atoms with Crippen molar-refractivity contribution in [1.29, 1.82) is 0 Å². The van der Waals surface area contributed by atoms with Crippen molar-refractivity contribution in [2.75, 3.05) is 25.0 Å². The molecular formula is C22H29N3O. The lowest BCUT2D eigenvalue weighted by Crippen LogP contribution is -2.39. The Morgan fingerprint density at radius 2 is 1.85 bits per heavy atom. The van der Waals surface area contributed by atoms with Crippen molar-refractivity contribution in [1.82, 2.24) is 10.2 Å². The second-order valence-corrected chi connectivity index (χ2v) is 7.35. The Kier molecular flexibility index (Phi) is 6.29. The molecular weight excluding hydrogens is 322 g/mol. The molecule has 0 bridgehead atoms. The minimum absolute atomic E-state index is 0.113. The first-order valence-corrected chi connectivity index (χ1v) is 9.48. The molecule has 0 radical (unpaired) electrons. The lowest BCUT2D eigenvalue weighted by molar-refractivity contribution is 0.175. The third-order valence-corrected chi connectivity index (χ3v) is 5.19. The summed E-state index contributed by atoms with van der Waals surface area (Å²) < 4.78 is 0. The fourth-order valence-electron chi connectivity index (χ4n) is 3.51. The monoisotopic (exact) mass is 351 g/mol. The molecule has 138 valence electrons. The fourth-order valence-corrected chi connectivity index (χ4v) is 3.51. The summed E-state index contributed by atoms with van der Waals surface area (Å²) in [5, 5.41) is 5.93. The van der Waals surface area contributed by atoms with Gasteiger partial charge < -0.3 is 10.6 Å². The van der Waals surface area contributed by atoms with Gasteiger partial charge in [0.05, 0.1) is 0 Å². The lowest BCUT2D eigenvalue weighted by Gasteiger charge is -2.32. The number of rotatable bonds is 5. The molecule has 0 saturated carbocycles. The van der Waals surface area contributed by atoms with Gasteiger partial charge in [0.25, 0.3) is 0 Å². The van der Waals surface area contributed by atoms with Crippen LogP contribution in [0.5, 0.6) is 0 Å². The van der Waals surface area contributed by atoms with Crippen LogP contribution in [0.25, 0.3) is 0 Å². The summed E-state index contributed by atoms with van der Waals surface area (Å²) in [7, 11) is 0. The molecule has 26 heavy (non-hydrogen) atoms. The quantitative estimate of drug-likeness (QED) is 0.842. The lowest BCUT2D eigenvalue weighted by atomic mass is 9.96. The highest BCUT2D eigenvalue weighted by molar-refractivity contribution is 5.89. The summed E-state index contributed by atoms with van der Waals surface area (Å²) in [4.78, 5) is 14.6. The van der Waals surface area contributed by atoms with E-state index in [0.29, 0.717) is 5.92 Å². The first kappa shape index (κ1) is 18.5. The number of hydrogen-bond donors (Lipinski definition) is 2. The maximum absolute atomic E-state index is 12.1. The molecule has 2 N–H and O–H groups in total. The van der Waals surface area contributed by atoms with Crippen LogP contribution < -0.4 is 10.6 Å². The minimum Gasteiger partial charge on any atom is -0.338 e. The van der Waals surface area contributed by atoms with E-state index in [1.165, 1.54) is 11.1 Å². The molecule has 2 amide bonds. The van der Waals surface area contributed by atoms with Gasteiger partial charge in [0, 0.05) is 18.8 Å². The predicted octanol–water partition coefficient (Wildman–Crippen LogP) is 4.34. The molecule has 1 saturated heterocycles. The maximum atomic E-state index is 12.1. The first-order valence-electron chi connectivity index (χ1n) is 9.48. The average Bonchev–Trinajstić information content (AvgIpc) is 2.63. The number of anilines is 1. The van der Waals surface area contributed by atoms with Crippen molar-refractivity contribution in [3.63, 3.8) is 0 Å². The Hall–Kier alpha value is -2.33. The Bertz CT molecular complexity index is 736. The van der Waals surface area contributed by atoms with Crippen molar-refractivity contribution in [3.8, 4) is 0 Å². The van der Waals surface area contributed by atoms with E-state index >= 15 is 0 Å². The van der Waals surface area contributed by atoms with Crippen molar-refractivity contribution < 1.29 is 4.79 Å². The summed E-state index contributed by atoms with van der Waals surface area (Å²) in [6.45, 7) is 8.17. The molecule has 0 atom stereocenters. The number of carbonyl (C=O) groups excluding carboxylic acids is 1. The molecule has 0 spiro atoms. The molecule has 4 heteroatoms. The van der Waals surface area contributed by atoms with E-state index in [9.17, 15) is 4.79 Å². The van der Waals surface area contributed by atoms with Crippen LogP contribution in [0.3, 0.4) is 0 Å². The molecule has 0 unspecified atom stereocenters. The first-order chi connectivity index (χ1) is 12.6. The number of likely N-dealkylation sites (tertiary alicyclic amines) is 1. The van der Waals surface area contributed by atoms with E-state index in [2.05, 4.69) is 46.7 Å². The highest BCUT2D eigenvalue weighted by Gasteiger charge is 2.20. The number of nitrogens with zero attached hydrogens (tertiary/aromatic N) is 1. The van der Waals surface area contributed by atoms with Crippen molar-refractivity contribution >= 4 is 11.7 Å². The predicted molar refractivity (Wildman–Crippen MR) is 107 cm³/mol. The van der Waals surface area contributed by atoms with Gasteiger partial charge in [-0.15, -0.1) is 0 Å². The van der Waals surface area contributed by atoms with E-state index in [4.69, 9.17) is 0 Å². The average molecular weight is 351 g/mol. The number of piperidine rings is 1. The molecule has 4 nitrogen and oxygen atoms in total. The number of carbonyl (C=O) groups is 1. The maximum Gasteiger partial charge on any atom is 0.319 e. The number of amides is 2. The van der Waals surface area contributed by atoms with Crippen LogP contribution in [0.4, 0.5) is 10.5 Å². The number of aryl methyl sites for hydroxylation is 2. The molecule has 2 aromatic rings. The summed E-state index contributed by atoms with van der Waals surface area (Å²) in [5.74, 6) is 0.561. The van der Waals surface area contributed by atoms with Crippen molar-refractivity contribution in [3.05, 3.63) is 65.2 Å². The number of nitrogens with one attached hydrogen (secondary N) is 2. The summed E-state index contributed by atoms with van der Waals surface area (Å²) in [6.07, 6.45) is 2.27. The fraction of sp³-hybridized carbons (Fsp3) is 0.409. The van der Waals surface area contributed by atoms with Crippen LogP contribution in [0.1, 0.15) is 29.5 Å². The molecule has 0 aromatic heterocycles. The topological polar surface area (TPSA) is 44.4 Å². The second-order valence-electron chi connectivity index (χ2n) is 7.35. The van der Waals surface area contributed by atoms with E-state index in [1.807, 2.05) is 31.2 Å². The molecule has 1 heterocycles. The van der Waals surface area contributed by atoms with Crippen molar-refractivity contribution in [2.45, 2.75) is 33.2 Å². The second kappa shape index (κ2) is 8.86. The van der Waals surface area contributed by atoms with Gasteiger partial charge in [-0.3, -0.25) is 4.90 Å². The van der Waals surface area contributed by atoms with Gasteiger partial charge in [0.15, 0.2) is 0 Å². The van der Waals surface area contributed by atoms with E-state index in [-0.39, 0.29) is 6.03 Å². The van der Waals surface area contributed by atoms with Crippen LogP contribution >= 0.6 is 0 Å². The van der Waals surface area contributed by atoms with Crippen LogP contribution in [-0.4, -0.2) is 30.6 Å². The van der Waals surface area contributed by atoms with Gasteiger partial charge in [0.1, 0.15) is 0 Å². The Morgan fingerprint density at radius 3 is 2.58 bits per heavy atom. The standard InChI is InChI=1S/C22H29N3O/c1-17-6-5-9-21(14-17)24-22(26)23-15-19-10-12-25(13-11-19)16-20-8-4-3-7-18(20)2/h3-9,14,19H,10-13,15-16H2,1-2H3,(H2,23,24,26). The van der Waals surface area contributed by atoms with Gasteiger partial charge in [-0.25, -0.2) is 4.79 Å². The normalized spacial score (nSPS) is 15.6. The number of hydrogen-bond acceptors (Lipinski definition) is 2. The van der Waals surface area contributed by atoms with Crippen LogP contribution in [0.2, 0.25) is 0 Å². The highest BCUT2D eigenvalue weighted by atomic mass is 16.2. The SMILES string of the molecule is Cc1cccc(NC(=O)NCC2CCN(Cc3ccccc3C)CC2)c1. The third kappa shape index (κ3) is 5.33. The van der Waals surface area contributed by atoms with Crippen molar-refractivity contribution in [2.24, 2.45) is 5.92 Å². The van der Waals surface area contributed by atoms with Gasteiger partial charge in [0.2, 0.25) is 0 Å².